The molecular weight excluding hydrogens is 238 g/mol. The molecule has 0 aromatic rings. The smallest absolute Gasteiger partial charge is 0.0774 e. The highest BCUT2D eigenvalue weighted by atomic mass is 16.5. The van der Waals surface area contributed by atoms with Crippen molar-refractivity contribution in [1.82, 2.24) is 4.90 Å². The second-order valence-electron chi connectivity index (χ2n) is 7.30. The van der Waals surface area contributed by atoms with E-state index in [1.807, 2.05) is 0 Å². The normalized spacial score (nSPS) is 32.7. The Morgan fingerprint density at radius 2 is 1.68 bits per heavy atom. The van der Waals surface area contributed by atoms with Crippen LogP contribution < -0.4 is 0 Å². The Balaban J connectivity index is 1.46. The number of rotatable bonds is 4. The summed E-state index contributed by atoms with van der Waals surface area (Å²) in [6.45, 7) is 1.81. The molecule has 1 saturated heterocycles. The Morgan fingerprint density at radius 1 is 1.05 bits per heavy atom. The number of hydrogen-bond acceptors (Lipinski definition) is 3. The summed E-state index contributed by atoms with van der Waals surface area (Å²) < 4.78 is 6.35. The molecule has 2 saturated carbocycles. The molecule has 2 aliphatic carbocycles. The first-order valence-corrected chi connectivity index (χ1v) is 8.18. The molecule has 110 valence electrons. The summed E-state index contributed by atoms with van der Waals surface area (Å²) in [6, 6.07) is 0. The van der Waals surface area contributed by atoms with Crippen molar-refractivity contribution in [2.45, 2.75) is 81.5 Å². The summed E-state index contributed by atoms with van der Waals surface area (Å²) in [6.07, 6.45) is 12.4. The summed E-state index contributed by atoms with van der Waals surface area (Å²) in [5.74, 6) is 0. The molecule has 1 spiro atoms. The quantitative estimate of drug-likeness (QED) is 0.850. The maximum atomic E-state index is 10.5. The number of nitrogens with zero attached hydrogens (tertiary/aromatic N) is 1. The summed E-state index contributed by atoms with van der Waals surface area (Å²) >= 11 is 0. The minimum absolute atomic E-state index is 0.246. The Bertz CT molecular complexity index is 306. The van der Waals surface area contributed by atoms with Crippen LogP contribution in [-0.2, 0) is 4.74 Å². The Kier molecular flexibility index (Phi) is 3.89. The first-order chi connectivity index (χ1) is 9.09. The fourth-order valence-electron chi connectivity index (χ4n) is 4.52. The molecule has 1 heterocycles. The lowest BCUT2D eigenvalue weighted by atomic mass is 9.98. The highest BCUT2D eigenvalue weighted by molar-refractivity contribution is 4.94. The van der Waals surface area contributed by atoms with Crippen molar-refractivity contribution >= 4 is 0 Å². The van der Waals surface area contributed by atoms with Gasteiger partial charge in [-0.25, -0.2) is 0 Å². The van der Waals surface area contributed by atoms with E-state index in [-0.39, 0.29) is 5.60 Å². The highest BCUT2D eigenvalue weighted by Gasteiger charge is 2.42. The van der Waals surface area contributed by atoms with Gasteiger partial charge in [-0.2, -0.15) is 0 Å². The first kappa shape index (κ1) is 13.8. The van der Waals surface area contributed by atoms with Gasteiger partial charge in [-0.05, 0) is 45.6 Å². The van der Waals surface area contributed by atoms with Crippen molar-refractivity contribution in [2.24, 2.45) is 0 Å². The van der Waals surface area contributed by atoms with E-state index in [2.05, 4.69) is 11.9 Å². The maximum absolute atomic E-state index is 10.5. The van der Waals surface area contributed by atoms with E-state index in [0.29, 0.717) is 6.10 Å². The van der Waals surface area contributed by atoms with Crippen LogP contribution in [0.5, 0.6) is 0 Å². The standard InChI is InChI=1S/C16H29NO2/c1-17(13-15(18)7-2-3-8-15)12-14-6-11-16(19-14)9-4-5-10-16/h14,18H,2-13H2,1H3. The Hall–Kier alpha value is -0.120. The van der Waals surface area contributed by atoms with E-state index >= 15 is 0 Å². The molecule has 19 heavy (non-hydrogen) atoms. The van der Waals surface area contributed by atoms with Crippen molar-refractivity contribution in [3.8, 4) is 0 Å². The molecule has 1 N–H and O–H groups in total. The molecule has 3 heteroatoms. The maximum Gasteiger partial charge on any atom is 0.0774 e. The molecule has 0 radical (unpaired) electrons. The first-order valence-electron chi connectivity index (χ1n) is 8.18. The van der Waals surface area contributed by atoms with Crippen molar-refractivity contribution in [1.29, 1.82) is 0 Å². The van der Waals surface area contributed by atoms with Gasteiger partial charge in [0, 0.05) is 13.1 Å². The van der Waals surface area contributed by atoms with Crippen LogP contribution in [-0.4, -0.2) is 47.4 Å². The summed E-state index contributed by atoms with van der Waals surface area (Å²) in [4.78, 5) is 2.30. The van der Waals surface area contributed by atoms with Gasteiger partial charge in [0.05, 0.1) is 17.3 Å². The molecule has 0 aromatic heterocycles. The molecule has 1 unspecified atom stereocenters. The van der Waals surface area contributed by atoms with Crippen molar-refractivity contribution < 1.29 is 9.84 Å². The lowest BCUT2D eigenvalue weighted by Crippen LogP contribution is -2.42. The third kappa shape index (κ3) is 3.14. The lowest BCUT2D eigenvalue weighted by molar-refractivity contribution is -0.0542. The average Bonchev–Trinajstić information content (AvgIpc) is 3.04. The highest BCUT2D eigenvalue weighted by Crippen LogP contribution is 2.43. The molecule has 3 aliphatic rings. The van der Waals surface area contributed by atoms with Crippen LogP contribution in [0.3, 0.4) is 0 Å². The zero-order chi connectivity index (χ0) is 13.3. The van der Waals surface area contributed by atoms with Gasteiger partial charge in [0.1, 0.15) is 0 Å². The van der Waals surface area contributed by atoms with Crippen LogP contribution in [0.1, 0.15) is 64.2 Å². The predicted molar refractivity (Wildman–Crippen MR) is 76.2 cm³/mol. The predicted octanol–water partition coefficient (Wildman–Crippen LogP) is 2.72. The molecule has 1 atom stereocenters. The second kappa shape index (κ2) is 5.34. The van der Waals surface area contributed by atoms with E-state index in [1.165, 1.54) is 51.4 Å². The summed E-state index contributed by atoms with van der Waals surface area (Å²) in [5, 5.41) is 10.5. The van der Waals surface area contributed by atoms with Crippen molar-refractivity contribution in [3.05, 3.63) is 0 Å². The SMILES string of the molecule is CN(CC1CCC2(CCCC2)O1)CC1(O)CCCC1. The summed E-state index contributed by atoms with van der Waals surface area (Å²) in [7, 11) is 2.14. The van der Waals surface area contributed by atoms with Crippen molar-refractivity contribution in [3.63, 3.8) is 0 Å². The van der Waals surface area contributed by atoms with Gasteiger partial charge in [0.2, 0.25) is 0 Å². The number of hydrogen-bond donors (Lipinski definition) is 1. The molecule has 3 nitrogen and oxygen atoms in total. The van der Waals surface area contributed by atoms with Crippen molar-refractivity contribution in [2.75, 3.05) is 20.1 Å². The van der Waals surface area contributed by atoms with Crippen LogP contribution in [0.2, 0.25) is 0 Å². The topological polar surface area (TPSA) is 32.7 Å². The van der Waals surface area contributed by atoms with Gasteiger partial charge in [-0.15, -0.1) is 0 Å². The summed E-state index contributed by atoms with van der Waals surface area (Å²) in [5.41, 5.74) is -0.172. The molecule has 3 rings (SSSR count). The van der Waals surface area contributed by atoms with Crippen LogP contribution in [0, 0.1) is 0 Å². The minimum Gasteiger partial charge on any atom is -0.389 e. The average molecular weight is 267 g/mol. The van der Waals surface area contributed by atoms with Crippen LogP contribution in [0.4, 0.5) is 0 Å². The minimum atomic E-state index is -0.418. The Labute approximate surface area is 117 Å². The van der Waals surface area contributed by atoms with Gasteiger partial charge in [0.25, 0.3) is 0 Å². The fourth-order valence-corrected chi connectivity index (χ4v) is 4.52. The monoisotopic (exact) mass is 267 g/mol. The van der Waals surface area contributed by atoms with Crippen LogP contribution >= 0.6 is 0 Å². The number of ether oxygens (including phenoxy) is 1. The second-order valence-corrected chi connectivity index (χ2v) is 7.30. The number of aliphatic hydroxyl groups is 1. The van der Waals surface area contributed by atoms with E-state index in [1.54, 1.807) is 0 Å². The molecule has 0 aromatic carbocycles. The molecule has 0 bridgehead atoms. The Morgan fingerprint density at radius 3 is 2.37 bits per heavy atom. The van der Waals surface area contributed by atoms with Gasteiger partial charge in [-0.3, -0.25) is 0 Å². The molecule has 3 fully saturated rings. The molecule has 1 aliphatic heterocycles. The van der Waals surface area contributed by atoms with E-state index in [0.717, 1.165) is 25.9 Å². The third-order valence-corrected chi connectivity index (χ3v) is 5.47. The van der Waals surface area contributed by atoms with E-state index in [4.69, 9.17) is 4.74 Å². The fraction of sp³-hybridized carbons (Fsp3) is 1.00. The largest absolute Gasteiger partial charge is 0.389 e. The van der Waals surface area contributed by atoms with Crippen LogP contribution in [0.15, 0.2) is 0 Å². The molecule has 0 amide bonds. The zero-order valence-corrected chi connectivity index (χ0v) is 12.4. The van der Waals surface area contributed by atoms with Crippen LogP contribution in [0.25, 0.3) is 0 Å². The van der Waals surface area contributed by atoms with Gasteiger partial charge >= 0.3 is 0 Å². The lowest BCUT2D eigenvalue weighted by Gasteiger charge is -2.31. The van der Waals surface area contributed by atoms with E-state index < -0.39 is 5.60 Å². The third-order valence-electron chi connectivity index (χ3n) is 5.47. The van der Waals surface area contributed by atoms with Gasteiger partial charge in [-0.1, -0.05) is 25.7 Å². The van der Waals surface area contributed by atoms with Gasteiger partial charge in [0.15, 0.2) is 0 Å². The van der Waals surface area contributed by atoms with E-state index in [9.17, 15) is 5.11 Å². The number of likely N-dealkylation sites (N-methyl/N-ethyl adjacent to an activating group) is 1. The van der Waals surface area contributed by atoms with Gasteiger partial charge < -0.3 is 14.7 Å². The zero-order valence-electron chi connectivity index (χ0n) is 12.4. The molecular formula is C16H29NO2.